The van der Waals surface area contributed by atoms with Crippen LogP contribution in [0.5, 0.6) is 0 Å². The number of fused-ring (bicyclic) bond motifs is 1. The molecule has 130 valence electrons. The van der Waals surface area contributed by atoms with Crippen molar-refractivity contribution in [3.05, 3.63) is 64.3 Å². The molecular formula is C18H17FN2O3S. The van der Waals surface area contributed by atoms with E-state index in [1.165, 1.54) is 16.7 Å². The lowest BCUT2D eigenvalue weighted by Crippen LogP contribution is -2.17. The average molecular weight is 360 g/mol. The number of rotatable bonds is 3. The van der Waals surface area contributed by atoms with Crippen LogP contribution in [0.2, 0.25) is 0 Å². The second-order valence-corrected chi connectivity index (χ2v) is 7.77. The number of nitrogens with one attached hydrogen (secondary N) is 1. The summed E-state index contributed by atoms with van der Waals surface area (Å²) < 4.78 is 41.4. The first-order valence-electron chi connectivity index (χ1n) is 7.54. The van der Waals surface area contributed by atoms with Gasteiger partial charge in [0.05, 0.1) is 17.3 Å². The number of hydrogen-bond acceptors (Lipinski definition) is 3. The van der Waals surface area contributed by atoms with Gasteiger partial charge in [-0.3, -0.25) is 9.52 Å². The van der Waals surface area contributed by atoms with Crippen molar-refractivity contribution in [2.75, 3.05) is 11.0 Å². The third kappa shape index (κ3) is 3.28. The molecule has 0 aliphatic rings. The highest BCUT2D eigenvalue weighted by atomic mass is 32.2. The average Bonchev–Trinajstić information content (AvgIpc) is 2.52. The molecule has 0 saturated carbocycles. The van der Waals surface area contributed by atoms with Gasteiger partial charge in [0.25, 0.3) is 5.56 Å². The molecule has 1 aromatic heterocycles. The van der Waals surface area contributed by atoms with Gasteiger partial charge in [0.1, 0.15) is 5.82 Å². The van der Waals surface area contributed by atoms with Crippen molar-refractivity contribution >= 4 is 26.5 Å². The normalized spacial score (nSPS) is 11.7. The Hall–Kier alpha value is -2.67. The van der Waals surface area contributed by atoms with E-state index >= 15 is 0 Å². The number of pyridine rings is 1. The smallest absolute Gasteiger partial charge is 0.258 e. The van der Waals surface area contributed by atoms with Crippen molar-refractivity contribution in [3.8, 4) is 11.1 Å². The van der Waals surface area contributed by atoms with Gasteiger partial charge in [-0.15, -0.1) is 0 Å². The number of aryl methyl sites for hydroxylation is 2. The summed E-state index contributed by atoms with van der Waals surface area (Å²) in [6.45, 7) is 1.77. The molecule has 0 fully saturated rings. The van der Waals surface area contributed by atoms with Crippen LogP contribution in [0.3, 0.4) is 0 Å². The monoisotopic (exact) mass is 360 g/mol. The van der Waals surface area contributed by atoms with Crippen molar-refractivity contribution in [2.45, 2.75) is 6.92 Å². The maximum absolute atomic E-state index is 14.4. The highest BCUT2D eigenvalue weighted by Crippen LogP contribution is 2.31. The summed E-state index contributed by atoms with van der Waals surface area (Å²) >= 11 is 0. The van der Waals surface area contributed by atoms with E-state index < -0.39 is 15.8 Å². The zero-order chi connectivity index (χ0) is 18.4. The molecule has 0 aliphatic heterocycles. The molecule has 0 spiro atoms. The predicted octanol–water partition coefficient (Wildman–Crippen LogP) is 3.02. The third-order valence-corrected chi connectivity index (χ3v) is 4.59. The number of nitrogens with zero attached hydrogens (tertiary/aromatic N) is 1. The van der Waals surface area contributed by atoms with Crippen LogP contribution in [0.4, 0.5) is 10.1 Å². The van der Waals surface area contributed by atoms with E-state index in [4.69, 9.17) is 0 Å². The van der Waals surface area contributed by atoms with E-state index in [0.717, 1.165) is 11.8 Å². The molecule has 3 rings (SSSR count). The van der Waals surface area contributed by atoms with Crippen LogP contribution in [0, 0.1) is 12.7 Å². The highest BCUT2D eigenvalue weighted by Gasteiger charge is 2.14. The fourth-order valence-corrected chi connectivity index (χ4v) is 3.42. The molecule has 0 unspecified atom stereocenters. The Bertz CT molecular complexity index is 1150. The van der Waals surface area contributed by atoms with E-state index in [1.807, 2.05) is 0 Å². The number of benzene rings is 2. The Kier molecular flexibility index (Phi) is 4.12. The van der Waals surface area contributed by atoms with Crippen LogP contribution in [0.1, 0.15) is 5.56 Å². The van der Waals surface area contributed by atoms with Gasteiger partial charge in [-0.25, -0.2) is 12.8 Å². The first kappa shape index (κ1) is 17.2. The van der Waals surface area contributed by atoms with E-state index in [9.17, 15) is 17.6 Å². The molecule has 0 bridgehead atoms. The number of hydrogen-bond donors (Lipinski definition) is 1. The van der Waals surface area contributed by atoms with Gasteiger partial charge in [-0.05, 0) is 36.2 Å². The number of anilines is 1. The second kappa shape index (κ2) is 6.00. The van der Waals surface area contributed by atoms with E-state index in [1.54, 1.807) is 44.4 Å². The number of sulfonamides is 1. The first-order valence-corrected chi connectivity index (χ1v) is 9.43. The van der Waals surface area contributed by atoms with Gasteiger partial charge >= 0.3 is 0 Å². The van der Waals surface area contributed by atoms with Crippen molar-refractivity contribution in [2.24, 2.45) is 7.05 Å². The molecule has 1 heterocycles. The summed E-state index contributed by atoms with van der Waals surface area (Å²) in [5.74, 6) is -0.497. The third-order valence-electron chi connectivity index (χ3n) is 4.00. The minimum absolute atomic E-state index is 0.222. The molecule has 0 amide bonds. The molecule has 7 heteroatoms. The highest BCUT2D eigenvalue weighted by molar-refractivity contribution is 7.92. The van der Waals surface area contributed by atoms with Crippen molar-refractivity contribution < 1.29 is 12.8 Å². The van der Waals surface area contributed by atoms with Gasteiger partial charge in [0.15, 0.2) is 0 Å². The van der Waals surface area contributed by atoms with Crippen molar-refractivity contribution in [1.82, 2.24) is 4.57 Å². The van der Waals surface area contributed by atoms with E-state index in [0.29, 0.717) is 16.8 Å². The Balaban J connectivity index is 2.33. The zero-order valence-electron chi connectivity index (χ0n) is 14.0. The standard InChI is InChI=1S/C18H17FN2O3S/c1-11-7-8-12(9-16(11)20-25(3,23)24)14-10-21(2)18(22)13-5-4-6-15(19)17(13)14/h4-10,20H,1-3H3. The molecular weight excluding hydrogens is 343 g/mol. The summed E-state index contributed by atoms with van der Waals surface area (Å²) in [5.41, 5.74) is 2.00. The topological polar surface area (TPSA) is 68.2 Å². The fourth-order valence-electron chi connectivity index (χ4n) is 2.80. The van der Waals surface area contributed by atoms with Crippen LogP contribution in [0.25, 0.3) is 21.9 Å². The van der Waals surface area contributed by atoms with Crippen molar-refractivity contribution in [1.29, 1.82) is 0 Å². The minimum Gasteiger partial charge on any atom is -0.317 e. The summed E-state index contributed by atoms with van der Waals surface area (Å²) in [6.07, 6.45) is 2.63. The van der Waals surface area contributed by atoms with Crippen LogP contribution >= 0.6 is 0 Å². The maximum atomic E-state index is 14.4. The zero-order valence-corrected chi connectivity index (χ0v) is 14.8. The summed E-state index contributed by atoms with van der Waals surface area (Å²) in [7, 11) is -1.85. The van der Waals surface area contributed by atoms with Crippen LogP contribution in [-0.2, 0) is 17.1 Å². The second-order valence-electron chi connectivity index (χ2n) is 6.03. The van der Waals surface area contributed by atoms with Crippen molar-refractivity contribution in [3.63, 3.8) is 0 Å². The van der Waals surface area contributed by atoms with Crippen LogP contribution in [0.15, 0.2) is 47.4 Å². The Morgan fingerprint density at radius 3 is 2.56 bits per heavy atom. The van der Waals surface area contributed by atoms with Gasteiger partial charge in [0.2, 0.25) is 10.0 Å². The SMILES string of the molecule is Cc1ccc(-c2cn(C)c(=O)c3cccc(F)c23)cc1NS(C)(=O)=O. The number of halogens is 1. The Morgan fingerprint density at radius 1 is 1.16 bits per heavy atom. The molecule has 5 nitrogen and oxygen atoms in total. The first-order chi connectivity index (χ1) is 11.7. The molecule has 3 aromatic rings. The minimum atomic E-state index is -3.44. The van der Waals surface area contributed by atoms with Gasteiger partial charge < -0.3 is 4.57 Å². The maximum Gasteiger partial charge on any atom is 0.258 e. The molecule has 0 saturated heterocycles. The van der Waals surface area contributed by atoms with Crippen LogP contribution < -0.4 is 10.3 Å². The lowest BCUT2D eigenvalue weighted by molar-refractivity contribution is 0.606. The molecule has 0 atom stereocenters. The summed E-state index contributed by atoms with van der Waals surface area (Å²) in [5, 5.41) is 0.498. The van der Waals surface area contributed by atoms with Gasteiger partial charge in [0, 0.05) is 24.2 Å². The summed E-state index contributed by atoms with van der Waals surface area (Å²) in [6, 6.07) is 9.54. The van der Waals surface area contributed by atoms with Crippen LogP contribution in [-0.4, -0.2) is 19.2 Å². The molecule has 1 N–H and O–H groups in total. The predicted molar refractivity (Wildman–Crippen MR) is 97.8 cm³/mol. The quantitative estimate of drug-likeness (QED) is 0.781. The summed E-state index contributed by atoms with van der Waals surface area (Å²) in [4.78, 5) is 12.3. The van der Waals surface area contributed by atoms with Gasteiger partial charge in [-0.2, -0.15) is 0 Å². The fraction of sp³-hybridized carbons (Fsp3) is 0.167. The largest absolute Gasteiger partial charge is 0.317 e. The van der Waals surface area contributed by atoms with E-state index in [-0.39, 0.29) is 16.3 Å². The lowest BCUT2D eigenvalue weighted by Gasteiger charge is -2.13. The molecule has 2 aromatic carbocycles. The van der Waals surface area contributed by atoms with E-state index in [2.05, 4.69) is 4.72 Å². The molecule has 25 heavy (non-hydrogen) atoms. The van der Waals surface area contributed by atoms with Gasteiger partial charge in [-0.1, -0.05) is 18.2 Å². The Morgan fingerprint density at radius 2 is 1.88 bits per heavy atom. The molecule has 0 aliphatic carbocycles. The lowest BCUT2D eigenvalue weighted by atomic mass is 9.98. The number of aromatic nitrogens is 1. The molecule has 0 radical (unpaired) electrons. The Labute approximate surface area is 144 Å².